The topological polar surface area (TPSA) is 20.3 Å². The third-order valence-electron chi connectivity index (χ3n) is 2.02. The Kier molecular flexibility index (Phi) is 4.54. The van der Waals surface area contributed by atoms with Crippen LogP contribution in [0.25, 0.3) is 0 Å². The van der Waals surface area contributed by atoms with Crippen molar-refractivity contribution >= 4 is 32.3 Å². The van der Waals surface area contributed by atoms with Crippen LogP contribution in [0, 0.1) is 5.82 Å². The number of nitrogens with zero attached hydrogens (tertiary/aromatic N) is 1. The van der Waals surface area contributed by atoms with E-state index >= 15 is 0 Å². The van der Waals surface area contributed by atoms with Crippen LogP contribution in [0.2, 0.25) is 5.02 Å². The Labute approximate surface area is 101 Å². The van der Waals surface area contributed by atoms with Crippen LogP contribution in [0.3, 0.4) is 0 Å². The first-order chi connectivity index (χ1) is 7.00. The second kappa shape index (κ2) is 5.47. The highest BCUT2D eigenvalue weighted by Gasteiger charge is 2.07. The smallest absolute Gasteiger partial charge is 0.289 e. The first-order valence-electron chi connectivity index (χ1n) is 4.35. The molecule has 0 aliphatic carbocycles. The number of halogens is 3. The molecular formula is C10H10BrClFNO. The van der Waals surface area contributed by atoms with Gasteiger partial charge in [0.15, 0.2) is 0 Å². The fraction of sp³-hybridized carbons (Fsp3) is 0.300. The highest BCUT2D eigenvalue weighted by Crippen LogP contribution is 2.15. The first kappa shape index (κ1) is 12.5. The molecule has 0 aliphatic rings. The molecule has 1 aromatic rings. The summed E-state index contributed by atoms with van der Waals surface area (Å²) in [6.07, 6.45) is 0.445. The standard InChI is InChI=1S/C10H10BrClFNO/c1-14(10(11)15)5-4-7-6-8(12)2-3-9(7)13/h2-3,6H,4-5H2,1H3. The average Bonchev–Trinajstić information content (AvgIpc) is 2.18. The van der Waals surface area contributed by atoms with Crippen LogP contribution >= 0.6 is 27.5 Å². The molecule has 1 amide bonds. The van der Waals surface area contributed by atoms with Gasteiger partial charge in [-0.3, -0.25) is 4.79 Å². The summed E-state index contributed by atoms with van der Waals surface area (Å²) in [5, 5.41) is 0.499. The van der Waals surface area contributed by atoms with Gasteiger partial charge in [0, 0.05) is 34.5 Å². The molecule has 0 aliphatic heterocycles. The van der Waals surface area contributed by atoms with Crippen LogP contribution in [0.1, 0.15) is 5.56 Å². The number of hydrogen-bond acceptors (Lipinski definition) is 1. The van der Waals surface area contributed by atoms with Crippen molar-refractivity contribution in [1.82, 2.24) is 4.90 Å². The van der Waals surface area contributed by atoms with Crippen LogP contribution in [-0.2, 0) is 6.42 Å². The summed E-state index contributed by atoms with van der Waals surface area (Å²) in [5.41, 5.74) is 0.517. The molecule has 0 saturated heterocycles. The number of carbonyl (C=O) groups excluding carboxylic acids is 1. The Morgan fingerprint density at radius 1 is 1.60 bits per heavy atom. The number of carbonyl (C=O) groups is 1. The van der Waals surface area contributed by atoms with E-state index in [9.17, 15) is 9.18 Å². The molecule has 0 bridgehead atoms. The SMILES string of the molecule is CN(CCc1cc(Cl)ccc1F)C(=O)Br. The van der Waals surface area contributed by atoms with Gasteiger partial charge in [-0.1, -0.05) is 11.6 Å². The summed E-state index contributed by atoms with van der Waals surface area (Å²) >= 11 is 8.55. The number of amides is 1. The molecule has 82 valence electrons. The summed E-state index contributed by atoms with van der Waals surface area (Å²) < 4.78 is 13.2. The molecule has 0 atom stereocenters. The van der Waals surface area contributed by atoms with Crippen molar-refractivity contribution < 1.29 is 9.18 Å². The summed E-state index contributed by atoms with van der Waals surface area (Å²) in [5.74, 6) is -0.296. The van der Waals surface area contributed by atoms with E-state index in [0.29, 0.717) is 23.6 Å². The molecule has 0 N–H and O–H groups in total. The van der Waals surface area contributed by atoms with Crippen LogP contribution in [0.15, 0.2) is 18.2 Å². The molecule has 0 radical (unpaired) electrons. The van der Waals surface area contributed by atoms with Gasteiger partial charge in [0.2, 0.25) is 0 Å². The molecule has 1 rings (SSSR count). The van der Waals surface area contributed by atoms with Crippen molar-refractivity contribution in [3.8, 4) is 0 Å². The Balaban J connectivity index is 2.65. The predicted molar refractivity (Wildman–Crippen MR) is 62.1 cm³/mol. The van der Waals surface area contributed by atoms with E-state index in [1.54, 1.807) is 13.1 Å². The lowest BCUT2D eigenvalue weighted by molar-refractivity contribution is 0.235. The quantitative estimate of drug-likeness (QED) is 0.617. The normalized spacial score (nSPS) is 10.1. The van der Waals surface area contributed by atoms with Gasteiger partial charge in [0.1, 0.15) is 5.82 Å². The largest absolute Gasteiger partial charge is 0.336 e. The van der Waals surface area contributed by atoms with Crippen molar-refractivity contribution in [2.24, 2.45) is 0 Å². The minimum atomic E-state index is -0.296. The van der Waals surface area contributed by atoms with E-state index in [2.05, 4.69) is 15.9 Å². The van der Waals surface area contributed by atoms with Gasteiger partial charge in [-0.25, -0.2) is 4.39 Å². The van der Waals surface area contributed by atoms with Crippen molar-refractivity contribution in [1.29, 1.82) is 0 Å². The molecule has 0 spiro atoms. The number of rotatable bonds is 3. The molecule has 1 aromatic carbocycles. The first-order valence-corrected chi connectivity index (χ1v) is 5.52. The molecule has 15 heavy (non-hydrogen) atoms. The van der Waals surface area contributed by atoms with Crippen molar-refractivity contribution in [2.45, 2.75) is 6.42 Å². The summed E-state index contributed by atoms with van der Waals surface area (Å²) in [4.78, 5) is 12.1. The third kappa shape index (κ3) is 3.80. The van der Waals surface area contributed by atoms with Gasteiger partial charge < -0.3 is 4.90 Å². The molecule has 0 fully saturated rings. The zero-order chi connectivity index (χ0) is 11.4. The lowest BCUT2D eigenvalue weighted by atomic mass is 10.1. The molecule has 0 heterocycles. The molecule has 0 saturated carbocycles. The Morgan fingerprint density at radius 3 is 2.87 bits per heavy atom. The van der Waals surface area contributed by atoms with E-state index in [1.807, 2.05) is 0 Å². The Bertz CT molecular complexity index is 372. The number of benzene rings is 1. The van der Waals surface area contributed by atoms with Crippen molar-refractivity contribution in [3.63, 3.8) is 0 Å². The highest BCUT2D eigenvalue weighted by atomic mass is 79.9. The van der Waals surface area contributed by atoms with Crippen LogP contribution in [0.4, 0.5) is 9.18 Å². The summed E-state index contributed by atoms with van der Waals surface area (Å²) in [6.45, 7) is 0.446. The lowest BCUT2D eigenvalue weighted by Crippen LogP contribution is -2.23. The molecule has 2 nitrogen and oxygen atoms in total. The lowest BCUT2D eigenvalue weighted by Gasteiger charge is -2.13. The number of hydrogen-bond donors (Lipinski definition) is 0. The van der Waals surface area contributed by atoms with Crippen molar-refractivity contribution in [2.75, 3.05) is 13.6 Å². The van der Waals surface area contributed by atoms with Crippen molar-refractivity contribution in [3.05, 3.63) is 34.6 Å². The van der Waals surface area contributed by atoms with E-state index in [1.165, 1.54) is 17.0 Å². The number of likely N-dealkylation sites (N-methyl/N-ethyl adjacent to an activating group) is 1. The third-order valence-corrected chi connectivity index (χ3v) is 2.86. The summed E-state index contributed by atoms with van der Waals surface area (Å²) in [7, 11) is 1.64. The average molecular weight is 295 g/mol. The fourth-order valence-corrected chi connectivity index (χ4v) is 1.48. The van der Waals surface area contributed by atoms with E-state index < -0.39 is 0 Å². The van der Waals surface area contributed by atoms with E-state index in [0.717, 1.165) is 0 Å². The van der Waals surface area contributed by atoms with Gasteiger partial charge in [0.25, 0.3) is 4.82 Å². The molecule has 0 unspecified atom stereocenters. The predicted octanol–water partition coefficient (Wildman–Crippen LogP) is 3.47. The monoisotopic (exact) mass is 293 g/mol. The maximum absolute atomic E-state index is 13.2. The van der Waals surface area contributed by atoms with Crippen LogP contribution < -0.4 is 0 Å². The second-order valence-corrected chi connectivity index (χ2v) is 4.28. The minimum absolute atomic E-state index is 0.218. The summed E-state index contributed by atoms with van der Waals surface area (Å²) in [6, 6.07) is 4.40. The van der Waals surface area contributed by atoms with E-state index in [-0.39, 0.29) is 10.6 Å². The minimum Gasteiger partial charge on any atom is -0.336 e. The van der Waals surface area contributed by atoms with Gasteiger partial charge in [0.05, 0.1) is 0 Å². The van der Waals surface area contributed by atoms with Gasteiger partial charge in [-0.15, -0.1) is 0 Å². The van der Waals surface area contributed by atoms with Gasteiger partial charge >= 0.3 is 0 Å². The molecule has 0 aromatic heterocycles. The second-order valence-electron chi connectivity index (χ2n) is 3.16. The Hall–Kier alpha value is -0.610. The van der Waals surface area contributed by atoms with Gasteiger partial charge in [-0.05, 0) is 30.2 Å². The van der Waals surface area contributed by atoms with E-state index in [4.69, 9.17) is 11.6 Å². The highest BCUT2D eigenvalue weighted by molar-refractivity contribution is 9.18. The van der Waals surface area contributed by atoms with Gasteiger partial charge in [-0.2, -0.15) is 0 Å². The maximum Gasteiger partial charge on any atom is 0.289 e. The fourth-order valence-electron chi connectivity index (χ4n) is 1.11. The zero-order valence-electron chi connectivity index (χ0n) is 8.14. The molecule has 5 heteroatoms. The maximum atomic E-state index is 13.2. The van der Waals surface area contributed by atoms with Crippen LogP contribution in [0.5, 0.6) is 0 Å². The Morgan fingerprint density at radius 2 is 2.27 bits per heavy atom. The zero-order valence-corrected chi connectivity index (χ0v) is 10.5. The molecular weight excluding hydrogens is 284 g/mol. The van der Waals surface area contributed by atoms with Crippen LogP contribution in [-0.4, -0.2) is 23.3 Å².